The summed E-state index contributed by atoms with van der Waals surface area (Å²) >= 11 is 0. The van der Waals surface area contributed by atoms with E-state index < -0.39 is 29.4 Å². The minimum absolute atomic E-state index is 0.0750. The van der Waals surface area contributed by atoms with Gasteiger partial charge in [-0.1, -0.05) is 52.7 Å². The van der Waals surface area contributed by atoms with Crippen LogP contribution in [0.1, 0.15) is 97.5 Å². The molecule has 10 heteroatoms. The van der Waals surface area contributed by atoms with Crippen LogP contribution in [0.3, 0.4) is 0 Å². The second-order valence-electron chi connectivity index (χ2n) is 15.5. The second-order valence-corrected chi connectivity index (χ2v) is 15.5. The lowest BCUT2D eigenvalue weighted by atomic mass is 9.77. The summed E-state index contributed by atoms with van der Waals surface area (Å²) in [5.74, 6) is -0.898. The van der Waals surface area contributed by atoms with E-state index in [9.17, 15) is 19.5 Å². The van der Waals surface area contributed by atoms with Crippen molar-refractivity contribution in [2.24, 2.45) is 17.3 Å². The van der Waals surface area contributed by atoms with Gasteiger partial charge in [-0.3, -0.25) is 9.59 Å². The smallest absolute Gasteiger partial charge is 0.326 e. The number of carbonyl (C=O) groups excluding carboxylic acids is 2. The molecule has 6 rings (SSSR count). The van der Waals surface area contributed by atoms with E-state index in [1.807, 2.05) is 39.0 Å². The summed E-state index contributed by atoms with van der Waals surface area (Å²) in [6.07, 6.45) is 8.04. The number of fused-ring (bicyclic) bond motifs is 5. The number of piperidine rings is 1. The molecule has 3 aliphatic heterocycles. The van der Waals surface area contributed by atoms with Crippen molar-refractivity contribution in [2.45, 2.75) is 123 Å². The van der Waals surface area contributed by atoms with Gasteiger partial charge in [0.25, 0.3) is 0 Å². The van der Waals surface area contributed by atoms with Crippen LogP contribution >= 0.6 is 0 Å². The largest absolute Gasteiger partial charge is 0.489 e. The second kappa shape index (κ2) is 14.6. The third-order valence-corrected chi connectivity index (χ3v) is 10.7. The predicted octanol–water partition coefficient (Wildman–Crippen LogP) is 6.02. The Morgan fingerprint density at radius 2 is 1.81 bits per heavy atom. The highest BCUT2D eigenvalue weighted by atomic mass is 16.5. The number of amides is 1. The van der Waals surface area contributed by atoms with E-state index >= 15 is 0 Å². The number of carboxylic acid groups (broad SMARTS) is 1. The van der Waals surface area contributed by atoms with Crippen LogP contribution in [-0.4, -0.2) is 88.3 Å². The van der Waals surface area contributed by atoms with Gasteiger partial charge in [-0.05, 0) is 75.0 Å². The number of hydrogen-bond donors (Lipinski definition) is 1. The molecule has 1 amide bonds. The maximum Gasteiger partial charge on any atom is 0.326 e. The predicted molar refractivity (Wildman–Crippen MR) is 182 cm³/mol. The van der Waals surface area contributed by atoms with Crippen molar-refractivity contribution in [3.05, 3.63) is 29.8 Å². The van der Waals surface area contributed by atoms with Gasteiger partial charge in [0.2, 0.25) is 11.8 Å². The SMILES string of the molecule is CCCN1CCC(Oc2c3c(nc4ccccc24)O[C@@H]2C[C@@H](C(=O)O)N(C2)C(=O)[C@H](C(C)(C)C)CC(=O)O[C@@H]2C[C@H]2CCCCC3)CC1. The summed E-state index contributed by atoms with van der Waals surface area (Å²) in [6, 6.07) is 6.93. The van der Waals surface area contributed by atoms with E-state index in [0.29, 0.717) is 18.2 Å². The molecular weight excluding hydrogens is 610 g/mol. The minimum Gasteiger partial charge on any atom is -0.489 e. The van der Waals surface area contributed by atoms with Crippen LogP contribution in [0.2, 0.25) is 0 Å². The molecule has 1 aliphatic carbocycles. The lowest BCUT2D eigenvalue weighted by Crippen LogP contribution is -2.47. The van der Waals surface area contributed by atoms with Crippen molar-refractivity contribution in [1.29, 1.82) is 0 Å². The molecule has 1 aromatic heterocycles. The number of nitrogens with zero attached hydrogens (tertiary/aromatic N) is 3. The molecule has 4 heterocycles. The summed E-state index contributed by atoms with van der Waals surface area (Å²) in [5, 5.41) is 11.2. The first kappa shape index (κ1) is 34.5. The Kier molecular flexibility index (Phi) is 10.5. The fraction of sp³-hybridized carbons (Fsp3) is 0.684. The van der Waals surface area contributed by atoms with E-state index in [2.05, 4.69) is 17.9 Å². The maximum atomic E-state index is 14.1. The summed E-state index contributed by atoms with van der Waals surface area (Å²) in [7, 11) is 0. The molecule has 10 nitrogen and oxygen atoms in total. The fourth-order valence-electron chi connectivity index (χ4n) is 7.80. The average Bonchev–Trinajstić information content (AvgIpc) is 3.63. The topological polar surface area (TPSA) is 118 Å². The number of hydrogen-bond acceptors (Lipinski definition) is 8. The molecule has 1 saturated carbocycles. The van der Waals surface area contributed by atoms with Gasteiger partial charge in [-0.25, -0.2) is 9.78 Å². The van der Waals surface area contributed by atoms with Crippen molar-refractivity contribution >= 4 is 28.7 Å². The Hall–Kier alpha value is -3.40. The number of benzene rings is 1. The van der Waals surface area contributed by atoms with Gasteiger partial charge in [-0.2, -0.15) is 0 Å². The molecule has 2 aromatic rings. The first-order chi connectivity index (χ1) is 23.0. The number of aromatic nitrogens is 1. The van der Waals surface area contributed by atoms with Gasteiger partial charge in [-0.15, -0.1) is 0 Å². The Morgan fingerprint density at radius 3 is 2.54 bits per heavy atom. The Morgan fingerprint density at radius 1 is 1.04 bits per heavy atom. The van der Waals surface area contributed by atoms with E-state index in [1.165, 1.54) is 4.90 Å². The molecule has 0 spiro atoms. The van der Waals surface area contributed by atoms with E-state index in [0.717, 1.165) is 93.2 Å². The molecule has 2 bridgehead atoms. The number of carbonyl (C=O) groups is 3. The van der Waals surface area contributed by atoms with Gasteiger partial charge in [0.1, 0.15) is 30.1 Å². The van der Waals surface area contributed by atoms with Gasteiger partial charge >= 0.3 is 11.9 Å². The van der Waals surface area contributed by atoms with Crippen LogP contribution in [-0.2, 0) is 25.5 Å². The number of esters is 1. The van der Waals surface area contributed by atoms with Crippen molar-refractivity contribution < 1.29 is 33.7 Å². The summed E-state index contributed by atoms with van der Waals surface area (Å²) in [5.41, 5.74) is 1.12. The maximum absolute atomic E-state index is 14.1. The van der Waals surface area contributed by atoms with Crippen molar-refractivity contribution in [2.75, 3.05) is 26.2 Å². The average molecular weight is 664 g/mol. The van der Waals surface area contributed by atoms with E-state index in [4.69, 9.17) is 19.2 Å². The molecule has 1 aromatic carbocycles. The van der Waals surface area contributed by atoms with Crippen LogP contribution in [0.4, 0.5) is 0 Å². The quantitative estimate of drug-likeness (QED) is 0.383. The van der Waals surface area contributed by atoms with Crippen molar-refractivity contribution in [1.82, 2.24) is 14.8 Å². The highest BCUT2D eigenvalue weighted by Crippen LogP contribution is 2.42. The minimum atomic E-state index is -1.08. The summed E-state index contributed by atoms with van der Waals surface area (Å²) in [6.45, 7) is 11.2. The number of likely N-dealkylation sites (tertiary alicyclic amines) is 1. The molecule has 5 atom stereocenters. The lowest BCUT2D eigenvalue weighted by molar-refractivity contribution is -0.156. The zero-order valence-corrected chi connectivity index (χ0v) is 29.1. The monoisotopic (exact) mass is 663 g/mol. The van der Waals surface area contributed by atoms with Crippen LogP contribution in [0, 0.1) is 17.3 Å². The molecule has 48 heavy (non-hydrogen) atoms. The Bertz CT molecular complexity index is 1480. The molecule has 4 aliphatic rings. The summed E-state index contributed by atoms with van der Waals surface area (Å²) in [4.78, 5) is 48.6. The number of ether oxygens (including phenoxy) is 3. The Balaban J connectivity index is 1.34. The highest BCUT2D eigenvalue weighted by molar-refractivity contribution is 5.89. The molecule has 3 fully saturated rings. The molecule has 0 unspecified atom stereocenters. The van der Waals surface area contributed by atoms with Crippen LogP contribution in [0.15, 0.2) is 24.3 Å². The summed E-state index contributed by atoms with van der Waals surface area (Å²) < 4.78 is 19.4. The van der Waals surface area contributed by atoms with Gasteiger partial charge in [0.15, 0.2) is 0 Å². The number of para-hydroxylation sites is 1. The van der Waals surface area contributed by atoms with Crippen molar-refractivity contribution in [3.63, 3.8) is 0 Å². The van der Waals surface area contributed by atoms with Gasteiger partial charge < -0.3 is 29.1 Å². The zero-order valence-electron chi connectivity index (χ0n) is 29.1. The number of rotatable bonds is 5. The molecule has 262 valence electrons. The van der Waals surface area contributed by atoms with Gasteiger partial charge in [0.05, 0.1) is 30.0 Å². The zero-order chi connectivity index (χ0) is 34.0. The Labute approximate surface area is 284 Å². The number of carboxylic acids is 1. The molecule has 1 N–H and O–H groups in total. The van der Waals surface area contributed by atoms with Gasteiger partial charge in [0, 0.05) is 24.9 Å². The first-order valence-electron chi connectivity index (χ1n) is 18.2. The first-order valence-corrected chi connectivity index (χ1v) is 18.2. The third kappa shape index (κ3) is 7.90. The number of pyridine rings is 1. The van der Waals surface area contributed by atoms with Crippen LogP contribution in [0.25, 0.3) is 10.9 Å². The molecule has 2 saturated heterocycles. The van der Waals surface area contributed by atoms with E-state index in [-0.39, 0.29) is 43.5 Å². The highest BCUT2D eigenvalue weighted by Gasteiger charge is 2.47. The third-order valence-electron chi connectivity index (χ3n) is 10.7. The lowest BCUT2D eigenvalue weighted by Gasteiger charge is -2.34. The van der Waals surface area contributed by atoms with Crippen molar-refractivity contribution in [3.8, 4) is 11.6 Å². The fourth-order valence-corrected chi connectivity index (χ4v) is 7.80. The normalized spacial score (nSPS) is 28.1. The molecular formula is C38H53N3O7. The van der Waals surface area contributed by atoms with E-state index in [1.54, 1.807) is 0 Å². The number of aliphatic carboxylic acids is 1. The standard InChI is InChI=1S/C38H53N3O7/c1-5-17-40-18-15-25(16-19-40)46-34-27-12-9-10-14-30(27)39-35-28(34)13-8-6-7-11-24-20-32(24)48-33(42)22-29(38(2,3)4)36(43)41-23-26(47-35)21-31(41)37(44)45/h9-10,12,14,24-26,29,31-32H,5-8,11,13,15-23H2,1-4H3,(H,44,45)/t24-,26-,29-,31+,32-/m1/s1. The van der Waals surface area contributed by atoms with Crippen LogP contribution in [0.5, 0.6) is 11.6 Å². The van der Waals surface area contributed by atoms with Crippen LogP contribution < -0.4 is 9.47 Å². The molecule has 0 radical (unpaired) electrons.